The van der Waals surface area contributed by atoms with Crippen LogP contribution in [0.1, 0.15) is 29.3 Å². The van der Waals surface area contributed by atoms with Crippen molar-refractivity contribution in [3.05, 3.63) is 71.4 Å². The Hall–Kier alpha value is -4.29. The van der Waals surface area contributed by atoms with Crippen LogP contribution in [0, 0.1) is 0 Å². The summed E-state index contributed by atoms with van der Waals surface area (Å²) in [4.78, 5) is 19.2. The molecule has 1 aromatic heterocycles. The Morgan fingerprint density at radius 2 is 1.81 bits per heavy atom. The second-order valence-electron chi connectivity index (χ2n) is 7.61. The molecule has 0 aliphatic carbocycles. The Labute approximate surface area is 206 Å². The van der Waals surface area contributed by atoms with E-state index in [0.29, 0.717) is 16.5 Å². The molecule has 0 bridgehead atoms. The first-order valence-corrected chi connectivity index (χ1v) is 10.6. The average molecular weight is 523 g/mol. The quantitative estimate of drug-likeness (QED) is 0.229. The number of aromatic nitrogens is 2. The standard InChI is InChI=1S/C24H19F6N5O2/c1-14(13-33-22(31-2)24(28,29)30)10-11-32-20(36)19-17-8-3-4-9-18(17)34-35-21(19)37-16-7-5-6-15(12-16)23(25,26)27/h3-9,12-13H,2,10-11H2,1H3,(H,32,36)/b14-13+,33-22-. The van der Waals surface area contributed by atoms with Crippen molar-refractivity contribution in [2.24, 2.45) is 9.98 Å². The summed E-state index contributed by atoms with van der Waals surface area (Å²) in [6, 6.07) is 10.5. The van der Waals surface area contributed by atoms with E-state index in [4.69, 9.17) is 4.74 Å². The highest BCUT2D eigenvalue weighted by Crippen LogP contribution is 2.34. The SMILES string of the molecule is C=N/C(=N\C=C(/C)CCNC(=O)c1c(Oc2cccc(C(F)(F)F)c2)nnc2ccccc12)C(F)(F)F. The van der Waals surface area contributed by atoms with Crippen molar-refractivity contribution in [1.82, 2.24) is 15.5 Å². The second kappa shape index (κ2) is 11.2. The van der Waals surface area contributed by atoms with Crippen molar-refractivity contribution in [3.63, 3.8) is 0 Å². The maximum Gasteiger partial charge on any atom is 0.451 e. The lowest BCUT2D eigenvalue weighted by molar-refractivity contribution is -0.137. The van der Waals surface area contributed by atoms with Gasteiger partial charge < -0.3 is 10.1 Å². The number of nitrogens with zero attached hydrogens (tertiary/aromatic N) is 4. The number of fused-ring (bicyclic) bond motifs is 1. The molecule has 0 unspecified atom stereocenters. The van der Waals surface area contributed by atoms with Gasteiger partial charge in [0.1, 0.15) is 11.3 Å². The third-order valence-electron chi connectivity index (χ3n) is 4.85. The lowest BCUT2D eigenvalue weighted by Crippen LogP contribution is -2.26. The van der Waals surface area contributed by atoms with Crippen molar-refractivity contribution >= 4 is 29.4 Å². The van der Waals surface area contributed by atoms with E-state index in [1.807, 2.05) is 0 Å². The third-order valence-corrected chi connectivity index (χ3v) is 4.85. The summed E-state index contributed by atoms with van der Waals surface area (Å²) in [6.45, 7) is 4.35. The monoisotopic (exact) mass is 523 g/mol. The number of amides is 1. The van der Waals surface area contributed by atoms with E-state index in [1.165, 1.54) is 13.0 Å². The van der Waals surface area contributed by atoms with Crippen LogP contribution in [0.3, 0.4) is 0 Å². The number of hydrogen-bond acceptors (Lipinski definition) is 5. The minimum atomic E-state index is -4.75. The van der Waals surface area contributed by atoms with E-state index >= 15 is 0 Å². The number of carbonyl (C=O) groups is 1. The molecular weight excluding hydrogens is 504 g/mol. The van der Waals surface area contributed by atoms with Crippen LogP contribution < -0.4 is 10.1 Å². The van der Waals surface area contributed by atoms with E-state index in [2.05, 4.69) is 32.2 Å². The Balaban J connectivity index is 1.83. The maximum atomic E-state index is 13.1. The predicted octanol–water partition coefficient (Wildman–Crippen LogP) is 6.13. The van der Waals surface area contributed by atoms with E-state index < -0.39 is 29.7 Å². The maximum absolute atomic E-state index is 13.1. The summed E-state index contributed by atoms with van der Waals surface area (Å²) in [6.07, 6.45) is -8.25. The van der Waals surface area contributed by atoms with Crippen molar-refractivity contribution in [2.45, 2.75) is 25.7 Å². The van der Waals surface area contributed by atoms with Crippen molar-refractivity contribution < 1.29 is 35.9 Å². The van der Waals surface area contributed by atoms with Crippen LogP contribution in [-0.2, 0) is 6.18 Å². The zero-order valence-corrected chi connectivity index (χ0v) is 19.2. The first-order chi connectivity index (χ1) is 17.4. The minimum absolute atomic E-state index is 0.000789. The lowest BCUT2D eigenvalue weighted by atomic mass is 10.1. The van der Waals surface area contributed by atoms with Crippen LogP contribution in [0.2, 0.25) is 0 Å². The summed E-state index contributed by atoms with van der Waals surface area (Å²) in [7, 11) is 0. The van der Waals surface area contributed by atoms with Gasteiger partial charge in [0.15, 0.2) is 0 Å². The van der Waals surface area contributed by atoms with Crippen LogP contribution >= 0.6 is 0 Å². The highest BCUT2D eigenvalue weighted by molar-refractivity contribution is 6.07. The van der Waals surface area contributed by atoms with Crippen molar-refractivity contribution in [3.8, 4) is 11.6 Å². The van der Waals surface area contributed by atoms with Gasteiger partial charge in [-0.3, -0.25) is 4.79 Å². The van der Waals surface area contributed by atoms with Gasteiger partial charge in [0.05, 0.1) is 11.1 Å². The molecule has 0 saturated heterocycles. The molecule has 13 heteroatoms. The molecular formula is C24H19F6N5O2. The van der Waals surface area contributed by atoms with Gasteiger partial charge in [0.25, 0.3) is 11.8 Å². The molecule has 0 aliphatic rings. The topological polar surface area (TPSA) is 88.8 Å². The summed E-state index contributed by atoms with van der Waals surface area (Å²) >= 11 is 0. The Morgan fingerprint density at radius 1 is 1.08 bits per heavy atom. The molecule has 7 nitrogen and oxygen atoms in total. The molecule has 3 aromatic rings. The first-order valence-electron chi connectivity index (χ1n) is 10.6. The van der Waals surface area contributed by atoms with Crippen LogP contribution in [-0.4, -0.2) is 41.4 Å². The fraction of sp³-hybridized carbons (Fsp3) is 0.208. The van der Waals surface area contributed by atoms with Gasteiger partial charge in [-0.1, -0.05) is 29.8 Å². The van der Waals surface area contributed by atoms with Gasteiger partial charge in [-0.2, -0.15) is 26.3 Å². The van der Waals surface area contributed by atoms with Gasteiger partial charge in [0.2, 0.25) is 5.84 Å². The van der Waals surface area contributed by atoms with Crippen LogP contribution in [0.4, 0.5) is 26.3 Å². The minimum Gasteiger partial charge on any atom is -0.437 e. The number of hydrogen-bond donors (Lipinski definition) is 1. The fourth-order valence-corrected chi connectivity index (χ4v) is 3.08. The average Bonchev–Trinajstić information content (AvgIpc) is 2.83. The largest absolute Gasteiger partial charge is 0.451 e. The molecule has 3 rings (SSSR count). The molecule has 0 fully saturated rings. The highest BCUT2D eigenvalue weighted by atomic mass is 19.4. The predicted molar refractivity (Wildman–Crippen MR) is 125 cm³/mol. The van der Waals surface area contributed by atoms with Crippen molar-refractivity contribution in [2.75, 3.05) is 6.54 Å². The number of rotatable bonds is 7. The molecule has 1 heterocycles. The number of ether oxygens (including phenoxy) is 1. The van der Waals surface area contributed by atoms with E-state index in [0.717, 1.165) is 24.4 Å². The molecule has 1 amide bonds. The van der Waals surface area contributed by atoms with Gasteiger partial charge in [0, 0.05) is 18.1 Å². The van der Waals surface area contributed by atoms with Crippen LogP contribution in [0.15, 0.2) is 70.3 Å². The molecule has 0 radical (unpaired) electrons. The van der Waals surface area contributed by atoms with E-state index in [9.17, 15) is 31.1 Å². The van der Waals surface area contributed by atoms with E-state index in [1.54, 1.807) is 24.3 Å². The Morgan fingerprint density at radius 3 is 2.49 bits per heavy atom. The smallest absolute Gasteiger partial charge is 0.437 e. The molecule has 37 heavy (non-hydrogen) atoms. The zero-order chi connectivity index (χ0) is 27.2. The van der Waals surface area contributed by atoms with Gasteiger partial charge in [-0.25, -0.2) is 9.98 Å². The summed E-state index contributed by atoms with van der Waals surface area (Å²) in [5.74, 6) is -2.60. The number of benzene rings is 2. The molecule has 0 spiro atoms. The van der Waals surface area contributed by atoms with Gasteiger partial charge in [-0.15, -0.1) is 10.2 Å². The zero-order valence-electron chi connectivity index (χ0n) is 19.2. The second-order valence-corrected chi connectivity index (χ2v) is 7.61. The Kier molecular flexibility index (Phi) is 8.25. The first kappa shape index (κ1) is 27.3. The van der Waals surface area contributed by atoms with Crippen LogP contribution in [0.5, 0.6) is 11.6 Å². The highest BCUT2D eigenvalue weighted by Gasteiger charge is 2.35. The summed E-state index contributed by atoms with van der Waals surface area (Å²) < 4.78 is 82.8. The number of alkyl halides is 6. The van der Waals surface area contributed by atoms with Crippen molar-refractivity contribution in [1.29, 1.82) is 0 Å². The molecule has 0 saturated carbocycles. The summed E-state index contributed by atoms with van der Waals surface area (Å²) in [5.41, 5.74) is -0.275. The lowest BCUT2D eigenvalue weighted by Gasteiger charge is -2.13. The van der Waals surface area contributed by atoms with Gasteiger partial charge >= 0.3 is 12.4 Å². The normalized spacial score (nSPS) is 12.9. The third kappa shape index (κ3) is 7.12. The molecule has 194 valence electrons. The molecule has 0 atom stereocenters. The van der Waals surface area contributed by atoms with E-state index in [-0.39, 0.29) is 30.2 Å². The fourth-order valence-electron chi connectivity index (χ4n) is 3.08. The number of nitrogens with one attached hydrogen (secondary N) is 1. The molecule has 2 aromatic carbocycles. The molecule has 1 N–H and O–H groups in total. The number of aliphatic imine (C=N–C) groups is 2. The van der Waals surface area contributed by atoms with Crippen LogP contribution in [0.25, 0.3) is 10.9 Å². The summed E-state index contributed by atoms with van der Waals surface area (Å²) in [5, 5.41) is 10.8. The number of carbonyl (C=O) groups excluding carboxylic acids is 1. The number of halogens is 6. The van der Waals surface area contributed by atoms with Gasteiger partial charge in [-0.05, 0) is 44.3 Å². The Bertz CT molecular complexity index is 1370. The number of amidine groups is 1. The molecule has 0 aliphatic heterocycles.